The van der Waals surface area contributed by atoms with Crippen molar-refractivity contribution in [1.82, 2.24) is 15.3 Å². The summed E-state index contributed by atoms with van der Waals surface area (Å²) in [5.41, 5.74) is 1.13. The third-order valence-corrected chi connectivity index (χ3v) is 2.24. The van der Waals surface area contributed by atoms with Crippen molar-refractivity contribution in [2.75, 3.05) is 0 Å². The Morgan fingerprint density at radius 2 is 1.85 bits per heavy atom. The fraction of sp³-hybridized carbons (Fsp3) is 0.600. The van der Waals surface area contributed by atoms with Crippen molar-refractivity contribution in [3.8, 4) is 0 Å². The molecule has 0 amide bonds. The lowest BCUT2D eigenvalue weighted by molar-refractivity contribution is 0.425. The van der Waals surface area contributed by atoms with Crippen LogP contribution in [0.2, 0.25) is 0 Å². The predicted molar refractivity (Wildman–Crippen MR) is 53.2 cm³/mol. The Kier molecular flexibility index (Phi) is 3.83. The van der Waals surface area contributed by atoms with Gasteiger partial charge >= 0.3 is 0 Å². The quantitative estimate of drug-likeness (QED) is 0.763. The molecule has 1 atom stereocenters. The molecule has 1 rings (SSSR count). The Labute approximate surface area is 79.6 Å². The molecule has 0 radical (unpaired) electrons. The molecule has 0 saturated heterocycles. The summed E-state index contributed by atoms with van der Waals surface area (Å²) in [5, 5.41) is 3.42. The van der Waals surface area contributed by atoms with Gasteiger partial charge in [-0.05, 0) is 12.8 Å². The van der Waals surface area contributed by atoms with Crippen LogP contribution in [0, 0.1) is 5.92 Å². The van der Waals surface area contributed by atoms with Crippen LogP contribution < -0.4 is 5.32 Å². The van der Waals surface area contributed by atoms with Gasteiger partial charge in [-0.1, -0.05) is 13.8 Å². The maximum atomic E-state index is 3.96. The highest BCUT2D eigenvalue weighted by Gasteiger charge is 2.05. The van der Waals surface area contributed by atoms with E-state index in [0.717, 1.165) is 12.1 Å². The van der Waals surface area contributed by atoms with E-state index in [-0.39, 0.29) is 0 Å². The first kappa shape index (κ1) is 10.1. The van der Waals surface area contributed by atoms with E-state index in [9.17, 15) is 0 Å². The highest BCUT2D eigenvalue weighted by Crippen LogP contribution is 2.01. The maximum absolute atomic E-state index is 3.96. The molecule has 1 aromatic rings. The van der Waals surface area contributed by atoms with E-state index in [0.29, 0.717) is 12.0 Å². The van der Waals surface area contributed by atoms with Gasteiger partial charge in [0.15, 0.2) is 0 Å². The van der Waals surface area contributed by atoms with Crippen molar-refractivity contribution in [2.45, 2.75) is 33.4 Å². The van der Waals surface area contributed by atoms with E-state index in [4.69, 9.17) is 0 Å². The van der Waals surface area contributed by atoms with Crippen LogP contribution in [0.5, 0.6) is 0 Å². The SMILES string of the molecule is CC(C)C(C)NCc1cncnc1. The number of hydrogen-bond acceptors (Lipinski definition) is 3. The molecule has 1 N–H and O–H groups in total. The molecule has 0 aliphatic carbocycles. The van der Waals surface area contributed by atoms with Crippen molar-refractivity contribution >= 4 is 0 Å². The van der Waals surface area contributed by atoms with Gasteiger partial charge in [0, 0.05) is 30.5 Å². The second-order valence-corrected chi connectivity index (χ2v) is 3.66. The molecule has 1 aromatic heterocycles. The Balaban J connectivity index is 2.35. The molecule has 1 unspecified atom stereocenters. The molecule has 0 aliphatic heterocycles. The highest BCUT2D eigenvalue weighted by molar-refractivity contribution is 5.01. The lowest BCUT2D eigenvalue weighted by atomic mass is 10.1. The summed E-state index contributed by atoms with van der Waals surface area (Å²) in [4.78, 5) is 7.91. The van der Waals surface area contributed by atoms with Crippen LogP contribution in [0.4, 0.5) is 0 Å². The third kappa shape index (κ3) is 3.51. The van der Waals surface area contributed by atoms with E-state index in [2.05, 4.69) is 36.1 Å². The van der Waals surface area contributed by atoms with Gasteiger partial charge in [0.1, 0.15) is 6.33 Å². The topological polar surface area (TPSA) is 37.8 Å². The maximum Gasteiger partial charge on any atom is 0.115 e. The van der Waals surface area contributed by atoms with Crippen molar-refractivity contribution in [1.29, 1.82) is 0 Å². The van der Waals surface area contributed by atoms with Gasteiger partial charge in [-0.15, -0.1) is 0 Å². The molecular formula is C10H17N3. The van der Waals surface area contributed by atoms with Crippen molar-refractivity contribution in [2.24, 2.45) is 5.92 Å². The molecule has 0 fully saturated rings. The van der Waals surface area contributed by atoms with E-state index in [1.807, 2.05) is 12.4 Å². The van der Waals surface area contributed by atoms with E-state index < -0.39 is 0 Å². The smallest absolute Gasteiger partial charge is 0.115 e. The molecule has 0 aromatic carbocycles. The molecule has 13 heavy (non-hydrogen) atoms. The van der Waals surface area contributed by atoms with Gasteiger partial charge in [-0.25, -0.2) is 9.97 Å². The minimum Gasteiger partial charge on any atom is -0.310 e. The number of rotatable bonds is 4. The number of aromatic nitrogens is 2. The van der Waals surface area contributed by atoms with E-state index in [1.165, 1.54) is 0 Å². The van der Waals surface area contributed by atoms with Crippen LogP contribution in [0.1, 0.15) is 26.3 Å². The fourth-order valence-corrected chi connectivity index (χ4v) is 0.936. The standard InChI is InChI=1S/C10H17N3/c1-8(2)9(3)13-6-10-4-11-7-12-5-10/h4-5,7-9,13H,6H2,1-3H3. The number of nitrogens with one attached hydrogen (secondary N) is 1. The average Bonchev–Trinajstić information content (AvgIpc) is 2.15. The molecule has 0 saturated carbocycles. The van der Waals surface area contributed by atoms with Crippen LogP contribution in [0.15, 0.2) is 18.7 Å². The van der Waals surface area contributed by atoms with Crippen LogP contribution in [0.3, 0.4) is 0 Å². The van der Waals surface area contributed by atoms with Crippen molar-refractivity contribution < 1.29 is 0 Å². The van der Waals surface area contributed by atoms with E-state index in [1.54, 1.807) is 6.33 Å². The number of nitrogens with zero attached hydrogens (tertiary/aromatic N) is 2. The van der Waals surface area contributed by atoms with Crippen LogP contribution in [-0.2, 0) is 6.54 Å². The van der Waals surface area contributed by atoms with Gasteiger partial charge in [-0.3, -0.25) is 0 Å². The molecular weight excluding hydrogens is 162 g/mol. The second kappa shape index (κ2) is 4.92. The molecule has 3 heteroatoms. The fourth-order valence-electron chi connectivity index (χ4n) is 0.936. The summed E-state index contributed by atoms with van der Waals surface area (Å²) in [6, 6.07) is 0.528. The van der Waals surface area contributed by atoms with Gasteiger partial charge < -0.3 is 5.32 Å². The van der Waals surface area contributed by atoms with Crippen molar-refractivity contribution in [3.63, 3.8) is 0 Å². The molecule has 72 valence electrons. The van der Waals surface area contributed by atoms with Crippen molar-refractivity contribution in [3.05, 3.63) is 24.3 Å². The van der Waals surface area contributed by atoms with Gasteiger partial charge in [0.05, 0.1) is 0 Å². The minimum atomic E-state index is 0.528. The zero-order chi connectivity index (χ0) is 9.68. The monoisotopic (exact) mass is 179 g/mol. The van der Waals surface area contributed by atoms with Crippen LogP contribution in [-0.4, -0.2) is 16.0 Å². The first-order chi connectivity index (χ1) is 6.20. The van der Waals surface area contributed by atoms with Gasteiger partial charge in [-0.2, -0.15) is 0 Å². The van der Waals surface area contributed by atoms with Crippen LogP contribution >= 0.6 is 0 Å². The van der Waals surface area contributed by atoms with Gasteiger partial charge in [0.2, 0.25) is 0 Å². The molecule has 1 heterocycles. The lowest BCUT2D eigenvalue weighted by Gasteiger charge is -2.16. The third-order valence-electron chi connectivity index (χ3n) is 2.24. The van der Waals surface area contributed by atoms with Gasteiger partial charge in [0.25, 0.3) is 0 Å². The predicted octanol–water partition coefficient (Wildman–Crippen LogP) is 1.61. The molecule has 0 bridgehead atoms. The van der Waals surface area contributed by atoms with Crippen LogP contribution in [0.25, 0.3) is 0 Å². The summed E-state index contributed by atoms with van der Waals surface area (Å²) in [5.74, 6) is 0.657. The normalized spacial score (nSPS) is 13.2. The Morgan fingerprint density at radius 3 is 2.38 bits per heavy atom. The summed E-state index contributed by atoms with van der Waals surface area (Å²) in [6.45, 7) is 7.45. The zero-order valence-electron chi connectivity index (χ0n) is 8.49. The molecule has 0 aliphatic rings. The second-order valence-electron chi connectivity index (χ2n) is 3.66. The zero-order valence-corrected chi connectivity index (χ0v) is 8.49. The Morgan fingerprint density at radius 1 is 1.23 bits per heavy atom. The minimum absolute atomic E-state index is 0.528. The molecule has 3 nitrogen and oxygen atoms in total. The summed E-state index contributed by atoms with van der Waals surface area (Å²) < 4.78 is 0. The molecule has 0 spiro atoms. The summed E-state index contributed by atoms with van der Waals surface area (Å²) in [6.07, 6.45) is 5.23. The Hall–Kier alpha value is -0.960. The number of hydrogen-bond donors (Lipinski definition) is 1. The lowest BCUT2D eigenvalue weighted by Crippen LogP contribution is -2.30. The highest BCUT2D eigenvalue weighted by atomic mass is 14.9. The first-order valence-corrected chi connectivity index (χ1v) is 4.67. The summed E-state index contributed by atoms with van der Waals surface area (Å²) in [7, 11) is 0. The largest absolute Gasteiger partial charge is 0.310 e. The Bertz CT molecular complexity index is 233. The first-order valence-electron chi connectivity index (χ1n) is 4.67. The average molecular weight is 179 g/mol. The summed E-state index contributed by atoms with van der Waals surface area (Å²) >= 11 is 0. The van der Waals surface area contributed by atoms with E-state index >= 15 is 0 Å².